The number of hydrogen-bond acceptors (Lipinski definition) is 3. The summed E-state index contributed by atoms with van der Waals surface area (Å²) in [5.41, 5.74) is 12.5. The first-order chi connectivity index (χ1) is 32.1. The van der Waals surface area contributed by atoms with Crippen LogP contribution in [0.25, 0.3) is 93.9 Å². The van der Waals surface area contributed by atoms with Crippen molar-refractivity contribution in [3.8, 4) is 40.6 Å². The third kappa shape index (κ3) is 6.46. The standard InChI is InChI=1S/C61H52N6/c1-59(2,3)38-25-28-53-45(31-38)42-18-10-13-22-50(42)65(53)56-34-48(41-21-16-17-37(35-62)49(41)36-63)57(66-51-23-14-11-19-43(51)46-32-39(60(4,5)6)26-29-54(46)66)58(64-56)67-52-24-15-12-20-44(52)47-33-40(61(7,8)9)27-30-55(47)67/h10-34H,1-9H3. The van der Waals surface area contributed by atoms with Gasteiger partial charge in [0.25, 0.3) is 0 Å². The molecule has 0 aliphatic carbocycles. The van der Waals surface area contributed by atoms with Crippen molar-refractivity contribution < 1.29 is 0 Å². The molecule has 0 N–H and O–H groups in total. The molecule has 6 heteroatoms. The van der Waals surface area contributed by atoms with Gasteiger partial charge in [-0.3, -0.25) is 9.13 Å². The summed E-state index contributed by atoms with van der Waals surface area (Å²) in [7, 11) is 0. The van der Waals surface area contributed by atoms with Gasteiger partial charge < -0.3 is 4.57 Å². The molecule has 326 valence electrons. The highest BCUT2D eigenvalue weighted by Gasteiger charge is 2.29. The summed E-state index contributed by atoms with van der Waals surface area (Å²) in [5.74, 6) is 1.40. The minimum absolute atomic E-state index is 0.0591. The van der Waals surface area contributed by atoms with Crippen LogP contribution in [0.1, 0.15) is 90.1 Å². The highest BCUT2D eigenvalue weighted by molar-refractivity contribution is 6.13. The second-order valence-corrected chi connectivity index (χ2v) is 21.2. The number of pyridine rings is 1. The summed E-state index contributed by atoms with van der Waals surface area (Å²) >= 11 is 0. The second kappa shape index (κ2) is 14.8. The summed E-state index contributed by atoms with van der Waals surface area (Å²) in [5, 5.41) is 28.4. The molecule has 4 aromatic heterocycles. The lowest BCUT2D eigenvalue weighted by Gasteiger charge is -2.23. The minimum Gasteiger partial charge on any atom is -0.305 e. The third-order valence-electron chi connectivity index (χ3n) is 13.8. The van der Waals surface area contributed by atoms with Crippen LogP contribution in [0.3, 0.4) is 0 Å². The molecule has 0 atom stereocenters. The van der Waals surface area contributed by atoms with E-state index in [4.69, 9.17) is 4.98 Å². The topological polar surface area (TPSA) is 75.3 Å². The molecule has 0 bridgehead atoms. The van der Waals surface area contributed by atoms with Crippen LogP contribution in [0.15, 0.2) is 152 Å². The lowest BCUT2D eigenvalue weighted by molar-refractivity contribution is 0.591. The molecule has 0 spiro atoms. The Morgan fingerprint density at radius 2 is 0.806 bits per heavy atom. The van der Waals surface area contributed by atoms with E-state index in [9.17, 15) is 10.5 Å². The Kier molecular flexibility index (Phi) is 9.22. The Labute approximate surface area is 391 Å². The molecule has 4 heterocycles. The van der Waals surface area contributed by atoms with Gasteiger partial charge in [0, 0.05) is 43.4 Å². The molecular formula is C61H52N6. The number of hydrogen-bond donors (Lipinski definition) is 0. The highest BCUT2D eigenvalue weighted by atomic mass is 15.2. The van der Waals surface area contributed by atoms with Gasteiger partial charge in [-0.1, -0.05) is 147 Å². The Morgan fingerprint density at radius 1 is 0.388 bits per heavy atom. The molecule has 6 nitrogen and oxygen atoms in total. The number of nitriles is 2. The second-order valence-electron chi connectivity index (χ2n) is 21.2. The number of aromatic nitrogens is 4. The van der Waals surface area contributed by atoms with Crippen molar-refractivity contribution in [3.63, 3.8) is 0 Å². The van der Waals surface area contributed by atoms with E-state index < -0.39 is 0 Å². The number of rotatable bonds is 4. The molecule has 0 aliphatic heterocycles. The van der Waals surface area contributed by atoms with Crippen LogP contribution in [-0.4, -0.2) is 18.7 Å². The van der Waals surface area contributed by atoms with Crippen LogP contribution in [0.2, 0.25) is 0 Å². The normalized spacial score (nSPS) is 12.5. The number of fused-ring (bicyclic) bond motifs is 9. The van der Waals surface area contributed by atoms with Crippen LogP contribution in [-0.2, 0) is 16.2 Å². The Balaban J connectivity index is 1.40. The molecule has 0 aliphatic rings. The SMILES string of the molecule is CC(C)(C)c1ccc2c(c1)c1ccccc1n2-c1cc(-c2cccc(C#N)c2C#N)c(-n2c3ccccc3c3cc(C(C)(C)C)ccc32)c(-n2c3ccccc3c3cc(C(C)(C)C)ccc32)n1. The van der Waals surface area contributed by atoms with Gasteiger partial charge >= 0.3 is 0 Å². The predicted molar refractivity (Wildman–Crippen MR) is 278 cm³/mol. The van der Waals surface area contributed by atoms with Gasteiger partial charge in [0.2, 0.25) is 0 Å². The number of benzene rings is 7. The Bertz CT molecular complexity index is 3950. The molecule has 0 amide bonds. The molecule has 0 unspecified atom stereocenters. The Morgan fingerprint density at radius 3 is 1.27 bits per heavy atom. The highest BCUT2D eigenvalue weighted by Crippen LogP contribution is 2.46. The van der Waals surface area contributed by atoms with Crippen LogP contribution >= 0.6 is 0 Å². The van der Waals surface area contributed by atoms with E-state index in [0.717, 1.165) is 76.7 Å². The van der Waals surface area contributed by atoms with E-state index in [1.807, 2.05) is 12.1 Å². The average Bonchev–Trinajstić information content (AvgIpc) is 3.95. The molecule has 11 rings (SSSR count). The van der Waals surface area contributed by atoms with Gasteiger partial charge in [0.05, 0.1) is 49.9 Å². The van der Waals surface area contributed by atoms with Crippen molar-refractivity contribution in [2.75, 3.05) is 0 Å². The fraction of sp³-hybridized carbons (Fsp3) is 0.197. The summed E-state index contributed by atoms with van der Waals surface area (Å²) in [6.45, 7) is 20.3. The van der Waals surface area contributed by atoms with E-state index in [2.05, 4.69) is 222 Å². The van der Waals surface area contributed by atoms with Crippen molar-refractivity contribution in [2.45, 2.75) is 78.6 Å². The first kappa shape index (κ1) is 41.8. The number of para-hydroxylation sites is 3. The lowest BCUT2D eigenvalue weighted by atomic mass is 9.86. The molecule has 0 saturated heterocycles. The maximum Gasteiger partial charge on any atom is 0.165 e. The monoisotopic (exact) mass is 868 g/mol. The van der Waals surface area contributed by atoms with E-state index in [-0.39, 0.29) is 16.2 Å². The summed E-state index contributed by atoms with van der Waals surface area (Å²) in [6.07, 6.45) is 0. The molecule has 0 radical (unpaired) electrons. The van der Waals surface area contributed by atoms with E-state index in [1.165, 1.54) is 16.7 Å². The van der Waals surface area contributed by atoms with Crippen molar-refractivity contribution in [1.82, 2.24) is 18.7 Å². The van der Waals surface area contributed by atoms with Crippen LogP contribution in [0, 0.1) is 22.7 Å². The minimum atomic E-state index is -0.0822. The molecule has 67 heavy (non-hydrogen) atoms. The molecule has 7 aromatic carbocycles. The van der Waals surface area contributed by atoms with Crippen molar-refractivity contribution in [2.24, 2.45) is 0 Å². The van der Waals surface area contributed by atoms with Gasteiger partial charge in [-0.2, -0.15) is 10.5 Å². The first-order valence-corrected chi connectivity index (χ1v) is 23.2. The van der Waals surface area contributed by atoms with Gasteiger partial charge in [0.15, 0.2) is 5.82 Å². The summed E-state index contributed by atoms with van der Waals surface area (Å²) in [6, 6.07) is 58.9. The first-order valence-electron chi connectivity index (χ1n) is 23.2. The molecule has 0 fully saturated rings. The smallest absolute Gasteiger partial charge is 0.165 e. The van der Waals surface area contributed by atoms with Crippen LogP contribution in [0.4, 0.5) is 0 Å². The van der Waals surface area contributed by atoms with Crippen molar-refractivity contribution in [3.05, 3.63) is 179 Å². The number of nitrogens with zero attached hydrogens (tertiary/aromatic N) is 6. The van der Waals surface area contributed by atoms with Crippen LogP contribution in [0.5, 0.6) is 0 Å². The van der Waals surface area contributed by atoms with Crippen LogP contribution < -0.4 is 0 Å². The van der Waals surface area contributed by atoms with E-state index in [0.29, 0.717) is 28.3 Å². The van der Waals surface area contributed by atoms with Gasteiger partial charge in [-0.05, 0) is 99.7 Å². The average molecular weight is 869 g/mol. The third-order valence-corrected chi connectivity index (χ3v) is 13.8. The zero-order valence-corrected chi connectivity index (χ0v) is 39.6. The summed E-state index contributed by atoms with van der Waals surface area (Å²) < 4.78 is 6.96. The maximum atomic E-state index is 11.1. The molecular weight excluding hydrogens is 817 g/mol. The largest absolute Gasteiger partial charge is 0.305 e. The van der Waals surface area contributed by atoms with E-state index >= 15 is 0 Å². The maximum absolute atomic E-state index is 11.1. The molecule has 11 aromatic rings. The van der Waals surface area contributed by atoms with Gasteiger partial charge in [-0.25, -0.2) is 4.98 Å². The van der Waals surface area contributed by atoms with Crippen molar-refractivity contribution in [1.29, 1.82) is 10.5 Å². The molecule has 0 saturated carbocycles. The van der Waals surface area contributed by atoms with Gasteiger partial charge in [0.1, 0.15) is 18.0 Å². The van der Waals surface area contributed by atoms with Crippen molar-refractivity contribution >= 4 is 65.4 Å². The Hall–Kier alpha value is -7.93. The predicted octanol–water partition coefficient (Wildman–Crippen LogP) is 15.7. The zero-order chi connectivity index (χ0) is 46.7. The lowest BCUT2D eigenvalue weighted by Crippen LogP contribution is -2.13. The van der Waals surface area contributed by atoms with Gasteiger partial charge in [-0.15, -0.1) is 0 Å². The van der Waals surface area contributed by atoms with E-state index in [1.54, 1.807) is 6.07 Å². The fourth-order valence-corrected chi connectivity index (χ4v) is 10.2. The zero-order valence-electron chi connectivity index (χ0n) is 39.6. The quantitative estimate of drug-likeness (QED) is 0.177. The fourth-order valence-electron chi connectivity index (χ4n) is 10.2. The summed E-state index contributed by atoms with van der Waals surface area (Å²) in [4.78, 5) is 5.97.